The van der Waals surface area contributed by atoms with Crippen molar-refractivity contribution in [2.45, 2.75) is 25.8 Å². The van der Waals surface area contributed by atoms with Crippen molar-refractivity contribution in [3.63, 3.8) is 0 Å². The smallest absolute Gasteiger partial charge is 0.251 e. The van der Waals surface area contributed by atoms with Crippen LogP contribution in [0.15, 0.2) is 42.5 Å². The number of halogens is 1. The van der Waals surface area contributed by atoms with Crippen LogP contribution in [0.1, 0.15) is 35.7 Å². The standard InChI is InChI=1S/C21H20ClN3O2/c1-14(26)25-10-2-3-19(13-25)24-21(27)16-6-4-15(5-7-16)17-8-9-18(12-23)20(22)11-17/h4-9,11,19H,2-3,10,13H2,1H3,(H,24,27)/t19-/m0/s1. The highest BCUT2D eigenvalue weighted by Gasteiger charge is 2.23. The van der Waals surface area contributed by atoms with Crippen molar-refractivity contribution in [3.05, 3.63) is 58.6 Å². The summed E-state index contributed by atoms with van der Waals surface area (Å²) < 4.78 is 0. The lowest BCUT2D eigenvalue weighted by molar-refractivity contribution is -0.130. The number of nitriles is 1. The second-order valence-electron chi connectivity index (χ2n) is 6.66. The molecule has 1 aliphatic rings. The van der Waals surface area contributed by atoms with Gasteiger partial charge in [-0.2, -0.15) is 5.26 Å². The van der Waals surface area contributed by atoms with Crippen molar-refractivity contribution >= 4 is 23.4 Å². The molecular formula is C21H20ClN3O2. The molecule has 0 aliphatic carbocycles. The summed E-state index contributed by atoms with van der Waals surface area (Å²) in [7, 11) is 0. The van der Waals surface area contributed by atoms with Gasteiger partial charge >= 0.3 is 0 Å². The van der Waals surface area contributed by atoms with Crippen LogP contribution in [0.2, 0.25) is 5.02 Å². The number of carbonyl (C=O) groups is 2. The second kappa shape index (κ2) is 8.24. The molecule has 1 atom stereocenters. The maximum Gasteiger partial charge on any atom is 0.251 e. The fraction of sp³-hybridized carbons (Fsp3) is 0.286. The Morgan fingerprint density at radius 1 is 1.19 bits per heavy atom. The van der Waals surface area contributed by atoms with E-state index in [-0.39, 0.29) is 17.9 Å². The topological polar surface area (TPSA) is 73.2 Å². The van der Waals surface area contributed by atoms with Crippen LogP contribution in [0.25, 0.3) is 11.1 Å². The Morgan fingerprint density at radius 2 is 1.89 bits per heavy atom. The van der Waals surface area contributed by atoms with Gasteiger partial charge in [-0.15, -0.1) is 0 Å². The average molecular weight is 382 g/mol. The van der Waals surface area contributed by atoms with E-state index in [9.17, 15) is 9.59 Å². The number of likely N-dealkylation sites (tertiary alicyclic amines) is 1. The van der Waals surface area contributed by atoms with Gasteiger partial charge in [0.1, 0.15) is 6.07 Å². The lowest BCUT2D eigenvalue weighted by Crippen LogP contribution is -2.49. The third-order valence-electron chi connectivity index (χ3n) is 4.77. The number of benzene rings is 2. The maximum atomic E-state index is 12.5. The second-order valence-corrected chi connectivity index (χ2v) is 7.07. The van der Waals surface area contributed by atoms with Crippen LogP contribution >= 0.6 is 11.6 Å². The molecule has 0 radical (unpaired) electrons. The van der Waals surface area contributed by atoms with Crippen molar-refractivity contribution in [1.82, 2.24) is 10.2 Å². The lowest BCUT2D eigenvalue weighted by Gasteiger charge is -2.32. The number of hydrogen-bond acceptors (Lipinski definition) is 3. The van der Waals surface area contributed by atoms with Crippen molar-refractivity contribution in [3.8, 4) is 17.2 Å². The largest absolute Gasteiger partial charge is 0.348 e. The summed E-state index contributed by atoms with van der Waals surface area (Å²) >= 11 is 6.09. The molecule has 27 heavy (non-hydrogen) atoms. The summed E-state index contributed by atoms with van der Waals surface area (Å²) in [6.07, 6.45) is 1.76. The predicted octanol–water partition coefficient (Wildman–Crippen LogP) is 3.62. The van der Waals surface area contributed by atoms with Crippen LogP contribution in [0.3, 0.4) is 0 Å². The molecule has 1 aliphatic heterocycles. The molecule has 0 saturated carbocycles. The van der Waals surface area contributed by atoms with E-state index in [0.29, 0.717) is 22.7 Å². The third-order valence-corrected chi connectivity index (χ3v) is 5.08. The van der Waals surface area contributed by atoms with E-state index in [2.05, 4.69) is 5.32 Å². The summed E-state index contributed by atoms with van der Waals surface area (Å²) in [6, 6.07) is 14.5. The van der Waals surface area contributed by atoms with E-state index >= 15 is 0 Å². The molecule has 1 heterocycles. The molecule has 0 unspecified atom stereocenters. The SMILES string of the molecule is CC(=O)N1CCC[C@H](NC(=O)c2ccc(-c3ccc(C#N)c(Cl)c3)cc2)C1. The fourth-order valence-corrected chi connectivity index (χ4v) is 3.47. The van der Waals surface area contributed by atoms with Crippen LogP contribution in [-0.4, -0.2) is 35.8 Å². The van der Waals surface area contributed by atoms with Crippen LogP contribution < -0.4 is 5.32 Å². The Bertz CT molecular complexity index is 903. The predicted molar refractivity (Wildman–Crippen MR) is 104 cm³/mol. The normalized spacial score (nSPS) is 16.5. The number of nitrogens with zero attached hydrogens (tertiary/aromatic N) is 2. The van der Waals surface area contributed by atoms with E-state index in [1.165, 1.54) is 0 Å². The fourth-order valence-electron chi connectivity index (χ4n) is 3.25. The van der Waals surface area contributed by atoms with Crippen molar-refractivity contribution in [1.29, 1.82) is 5.26 Å². The Hall–Kier alpha value is -2.84. The monoisotopic (exact) mass is 381 g/mol. The molecule has 2 amide bonds. The molecule has 6 heteroatoms. The first-order valence-electron chi connectivity index (χ1n) is 8.84. The van der Waals surface area contributed by atoms with E-state index in [1.54, 1.807) is 36.1 Å². The zero-order valence-electron chi connectivity index (χ0n) is 15.0. The lowest BCUT2D eigenvalue weighted by atomic mass is 10.0. The molecule has 0 bridgehead atoms. The number of carbonyl (C=O) groups excluding carboxylic acids is 2. The summed E-state index contributed by atoms with van der Waals surface area (Å²) in [4.78, 5) is 25.8. The number of piperidine rings is 1. The van der Waals surface area contributed by atoms with Gasteiger partial charge in [-0.25, -0.2) is 0 Å². The van der Waals surface area contributed by atoms with Gasteiger partial charge in [-0.3, -0.25) is 9.59 Å². The average Bonchev–Trinajstić information content (AvgIpc) is 2.68. The summed E-state index contributed by atoms with van der Waals surface area (Å²) in [5.74, 6) is -0.103. The minimum Gasteiger partial charge on any atom is -0.348 e. The van der Waals surface area contributed by atoms with E-state index < -0.39 is 0 Å². The Labute approximate surface area is 163 Å². The minimum atomic E-state index is -0.144. The first-order chi connectivity index (χ1) is 13.0. The van der Waals surface area contributed by atoms with E-state index in [4.69, 9.17) is 16.9 Å². The van der Waals surface area contributed by atoms with Gasteiger partial charge in [0.15, 0.2) is 0 Å². The Kier molecular flexibility index (Phi) is 5.78. The zero-order chi connectivity index (χ0) is 19.4. The molecule has 1 fully saturated rings. The highest BCUT2D eigenvalue weighted by Crippen LogP contribution is 2.25. The minimum absolute atomic E-state index is 0.0211. The first-order valence-corrected chi connectivity index (χ1v) is 9.22. The molecular weight excluding hydrogens is 362 g/mol. The third kappa shape index (κ3) is 4.47. The highest BCUT2D eigenvalue weighted by atomic mass is 35.5. The van der Waals surface area contributed by atoms with Crippen LogP contribution in [-0.2, 0) is 4.79 Å². The van der Waals surface area contributed by atoms with E-state index in [1.807, 2.05) is 24.3 Å². The summed E-state index contributed by atoms with van der Waals surface area (Å²) in [5, 5.41) is 12.4. The molecule has 0 spiro atoms. The molecule has 2 aromatic rings. The highest BCUT2D eigenvalue weighted by molar-refractivity contribution is 6.32. The molecule has 1 saturated heterocycles. The van der Waals surface area contributed by atoms with Gasteiger partial charge in [0.05, 0.1) is 10.6 Å². The van der Waals surface area contributed by atoms with Crippen molar-refractivity contribution < 1.29 is 9.59 Å². The summed E-state index contributed by atoms with van der Waals surface area (Å²) in [5.41, 5.74) is 2.80. The Balaban J connectivity index is 1.68. The molecule has 138 valence electrons. The van der Waals surface area contributed by atoms with Crippen LogP contribution in [0.4, 0.5) is 0 Å². The number of amides is 2. The van der Waals surface area contributed by atoms with Crippen LogP contribution in [0.5, 0.6) is 0 Å². The Morgan fingerprint density at radius 3 is 2.52 bits per heavy atom. The van der Waals surface area contributed by atoms with Gasteiger partial charge in [-0.1, -0.05) is 29.8 Å². The van der Waals surface area contributed by atoms with Crippen molar-refractivity contribution in [2.75, 3.05) is 13.1 Å². The van der Waals surface area contributed by atoms with Crippen molar-refractivity contribution in [2.24, 2.45) is 0 Å². The van der Waals surface area contributed by atoms with Gasteiger partial charge in [0.2, 0.25) is 5.91 Å². The van der Waals surface area contributed by atoms with Gasteiger partial charge in [0.25, 0.3) is 5.91 Å². The number of rotatable bonds is 3. The summed E-state index contributed by atoms with van der Waals surface area (Å²) in [6.45, 7) is 2.87. The van der Waals surface area contributed by atoms with Gasteiger partial charge in [0, 0.05) is 31.6 Å². The van der Waals surface area contributed by atoms with Gasteiger partial charge < -0.3 is 10.2 Å². The molecule has 3 rings (SSSR count). The first kappa shape index (κ1) is 18.9. The number of nitrogens with one attached hydrogen (secondary N) is 1. The molecule has 0 aromatic heterocycles. The zero-order valence-corrected chi connectivity index (χ0v) is 15.8. The number of hydrogen-bond donors (Lipinski definition) is 1. The maximum absolute atomic E-state index is 12.5. The van der Waals surface area contributed by atoms with E-state index in [0.717, 1.165) is 30.5 Å². The molecule has 1 N–H and O–H groups in total. The van der Waals surface area contributed by atoms with Gasteiger partial charge in [-0.05, 0) is 48.2 Å². The molecule has 2 aromatic carbocycles. The molecule has 5 nitrogen and oxygen atoms in total. The van der Waals surface area contributed by atoms with Crippen LogP contribution in [0, 0.1) is 11.3 Å². The quantitative estimate of drug-likeness (QED) is 0.882.